The molecular formula is C2H3Br2NO3. The highest BCUT2D eigenvalue weighted by Crippen LogP contribution is 2.06. The lowest BCUT2D eigenvalue weighted by Gasteiger charge is -1.95. The van der Waals surface area contributed by atoms with Crippen molar-refractivity contribution < 1.29 is 9.92 Å². The van der Waals surface area contributed by atoms with Gasteiger partial charge in [0.1, 0.15) is 6.61 Å². The maximum absolute atomic E-state index is 9.45. The molecule has 0 aliphatic rings. The zero-order valence-electron chi connectivity index (χ0n) is 3.71. The Bertz CT molecular complexity index is 85.4. The standard InChI is InChI=1S/C2H3Br2NO3/c3-2(4)1-8-5(6)7/h2H,1H2. The van der Waals surface area contributed by atoms with E-state index in [1.54, 1.807) is 0 Å². The predicted molar refractivity (Wildman–Crippen MR) is 34.6 cm³/mol. The Labute approximate surface area is 62.6 Å². The van der Waals surface area contributed by atoms with E-state index in [-0.39, 0.29) is 10.3 Å². The van der Waals surface area contributed by atoms with E-state index in [0.717, 1.165) is 0 Å². The molecule has 0 aliphatic heterocycles. The normalized spacial score (nSPS) is 9.38. The number of hydrogen-bond donors (Lipinski definition) is 0. The number of rotatable bonds is 3. The van der Waals surface area contributed by atoms with Gasteiger partial charge in [0.2, 0.25) is 0 Å². The Morgan fingerprint density at radius 1 is 1.75 bits per heavy atom. The second kappa shape index (κ2) is 4.08. The van der Waals surface area contributed by atoms with Crippen LogP contribution in [0.3, 0.4) is 0 Å². The topological polar surface area (TPSA) is 52.4 Å². The minimum absolute atomic E-state index is 0.0208. The smallest absolute Gasteiger partial charge is 0.294 e. The van der Waals surface area contributed by atoms with Gasteiger partial charge in [-0.25, -0.2) is 0 Å². The molecule has 0 amide bonds. The van der Waals surface area contributed by atoms with Crippen LogP contribution >= 0.6 is 31.9 Å². The van der Waals surface area contributed by atoms with Gasteiger partial charge < -0.3 is 4.84 Å². The fourth-order valence-corrected chi connectivity index (χ4v) is 0.354. The van der Waals surface area contributed by atoms with Crippen molar-refractivity contribution in [3.63, 3.8) is 0 Å². The average Bonchev–Trinajstić information content (AvgIpc) is 1.61. The van der Waals surface area contributed by atoms with E-state index in [4.69, 9.17) is 0 Å². The number of nitrogens with zero attached hydrogens (tertiary/aromatic N) is 1. The van der Waals surface area contributed by atoms with Crippen LogP contribution in [-0.2, 0) is 4.84 Å². The van der Waals surface area contributed by atoms with Crippen LogP contribution in [0.4, 0.5) is 0 Å². The van der Waals surface area contributed by atoms with E-state index < -0.39 is 5.09 Å². The third-order valence-corrected chi connectivity index (χ3v) is 0.835. The van der Waals surface area contributed by atoms with Crippen molar-refractivity contribution in [3.8, 4) is 0 Å². The van der Waals surface area contributed by atoms with Crippen molar-refractivity contribution >= 4 is 31.9 Å². The highest BCUT2D eigenvalue weighted by atomic mass is 79.9. The van der Waals surface area contributed by atoms with Crippen molar-refractivity contribution in [2.24, 2.45) is 0 Å². The number of hydrogen-bond acceptors (Lipinski definition) is 3. The second-order valence-corrected chi connectivity index (χ2v) is 4.35. The quantitative estimate of drug-likeness (QED) is 0.430. The number of alkyl halides is 2. The summed E-state index contributed by atoms with van der Waals surface area (Å²) in [6.45, 7) is 0.0208. The van der Waals surface area contributed by atoms with Crippen LogP contribution in [0, 0.1) is 10.1 Å². The average molecular weight is 249 g/mol. The zero-order valence-corrected chi connectivity index (χ0v) is 6.88. The van der Waals surface area contributed by atoms with E-state index in [2.05, 4.69) is 36.7 Å². The van der Waals surface area contributed by atoms with Gasteiger partial charge in [-0.15, -0.1) is 10.1 Å². The van der Waals surface area contributed by atoms with Crippen LogP contribution in [0.5, 0.6) is 0 Å². The van der Waals surface area contributed by atoms with Crippen molar-refractivity contribution in [3.05, 3.63) is 10.1 Å². The first-order valence-corrected chi connectivity index (χ1v) is 3.51. The molecule has 0 saturated carbocycles. The summed E-state index contributed by atoms with van der Waals surface area (Å²) in [7, 11) is 0. The monoisotopic (exact) mass is 247 g/mol. The molecule has 0 bridgehead atoms. The summed E-state index contributed by atoms with van der Waals surface area (Å²) in [5.74, 6) is 0. The van der Waals surface area contributed by atoms with Crippen molar-refractivity contribution in [2.45, 2.75) is 3.74 Å². The molecule has 8 heavy (non-hydrogen) atoms. The lowest BCUT2D eigenvalue weighted by atomic mass is 10.9. The lowest BCUT2D eigenvalue weighted by molar-refractivity contribution is -0.756. The summed E-state index contributed by atoms with van der Waals surface area (Å²) >= 11 is 5.98. The zero-order chi connectivity index (χ0) is 6.57. The maximum Gasteiger partial charge on any atom is 0.294 e. The van der Waals surface area contributed by atoms with Gasteiger partial charge in [-0.2, -0.15) is 0 Å². The van der Waals surface area contributed by atoms with Crippen LogP contribution in [0.15, 0.2) is 0 Å². The summed E-state index contributed by atoms with van der Waals surface area (Å²) in [6, 6.07) is 0. The highest BCUT2D eigenvalue weighted by molar-refractivity contribution is 9.24. The molecule has 0 rings (SSSR count). The van der Waals surface area contributed by atoms with Crippen LogP contribution < -0.4 is 0 Å². The molecule has 0 aromatic heterocycles. The van der Waals surface area contributed by atoms with E-state index in [0.29, 0.717) is 0 Å². The Morgan fingerprint density at radius 2 is 2.25 bits per heavy atom. The van der Waals surface area contributed by atoms with Crippen molar-refractivity contribution in [2.75, 3.05) is 6.61 Å². The van der Waals surface area contributed by atoms with E-state index in [1.807, 2.05) is 0 Å². The fraction of sp³-hybridized carbons (Fsp3) is 1.00. The van der Waals surface area contributed by atoms with Gasteiger partial charge in [-0.1, -0.05) is 31.9 Å². The third kappa shape index (κ3) is 6.16. The lowest BCUT2D eigenvalue weighted by Crippen LogP contribution is -2.06. The minimum Gasteiger partial charge on any atom is -0.312 e. The van der Waals surface area contributed by atoms with Crippen molar-refractivity contribution in [1.82, 2.24) is 0 Å². The van der Waals surface area contributed by atoms with E-state index in [1.165, 1.54) is 0 Å². The molecule has 0 saturated heterocycles. The van der Waals surface area contributed by atoms with Gasteiger partial charge >= 0.3 is 0 Å². The first kappa shape index (κ1) is 8.16. The first-order valence-electron chi connectivity index (χ1n) is 1.68. The molecule has 0 spiro atoms. The van der Waals surface area contributed by atoms with Gasteiger partial charge in [0.25, 0.3) is 5.09 Å². The molecule has 0 N–H and O–H groups in total. The molecule has 0 aromatic rings. The Balaban J connectivity index is 3.05. The fourth-order valence-electron chi connectivity index (χ4n) is 0.117. The molecule has 0 aliphatic carbocycles. The summed E-state index contributed by atoms with van der Waals surface area (Å²) < 4.78 is -0.152. The molecule has 0 aromatic carbocycles. The molecule has 0 radical (unpaired) electrons. The highest BCUT2D eigenvalue weighted by Gasteiger charge is 1.99. The SMILES string of the molecule is O=[N+]([O-])OCC(Br)Br. The molecule has 4 nitrogen and oxygen atoms in total. The molecule has 0 fully saturated rings. The van der Waals surface area contributed by atoms with Crippen LogP contribution in [0.25, 0.3) is 0 Å². The summed E-state index contributed by atoms with van der Waals surface area (Å²) in [5, 5.41) is 8.61. The summed E-state index contributed by atoms with van der Waals surface area (Å²) in [6.07, 6.45) is 0. The summed E-state index contributed by atoms with van der Waals surface area (Å²) in [4.78, 5) is 13.4. The van der Waals surface area contributed by atoms with Crippen LogP contribution in [0.1, 0.15) is 0 Å². The Hall–Kier alpha value is 0.160. The number of halogens is 2. The van der Waals surface area contributed by atoms with E-state index >= 15 is 0 Å². The maximum atomic E-state index is 9.45. The van der Waals surface area contributed by atoms with E-state index in [9.17, 15) is 10.1 Å². The predicted octanol–water partition coefficient (Wildman–Crippen LogP) is 1.31. The van der Waals surface area contributed by atoms with Gasteiger partial charge in [0, 0.05) is 0 Å². The molecule has 0 atom stereocenters. The second-order valence-electron chi connectivity index (χ2n) is 0.910. The third-order valence-electron chi connectivity index (χ3n) is 0.306. The molecule has 0 unspecified atom stereocenters. The van der Waals surface area contributed by atoms with Gasteiger partial charge in [0.15, 0.2) is 0 Å². The Kier molecular flexibility index (Phi) is 4.16. The van der Waals surface area contributed by atoms with Gasteiger partial charge in [0.05, 0.1) is 3.74 Å². The molecule has 6 heteroatoms. The largest absolute Gasteiger partial charge is 0.312 e. The molecular weight excluding hydrogens is 246 g/mol. The van der Waals surface area contributed by atoms with Gasteiger partial charge in [-0.05, 0) is 0 Å². The van der Waals surface area contributed by atoms with Crippen LogP contribution in [-0.4, -0.2) is 15.4 Å². The first-order chi connectivity index (χ1) is 3.63. The van der Waals surface area contributed by atoms with Crippen molar-refractivity contribution in [1.29, 1.82) is 0 Å². The molecule has 0 heterocycles. The van der Waals surface area contributed by atoms with Gasteiger partial charge in [-0.3, -0.25) is 0 Å². The Morgan fingerprint density at radius 3 is 2.38 bits per heavy atom. The summed E-state index contributed by atoms with van der Waals surface area (Å²) in [5.41, 5.74) is 0. The van der Waals surface area contributed by atoms with Crippen LogP contribution in [0.2, 0.25) is 0 Å². The molecule has 48 valence electrons. The minimum atomic E-state index is -0.838.